The van der Waals surface area contributed by atoms with E-state index in [0.717, 1.165) is 11.8 Å². The summed E-state index contributed by atoms with van der Waals surface area (Å²) in [6, 6.07) is 9.42. The topological polar surface area (TPSA) is 12.0 Å². The van der Waals surface area contributed by atoms with Gasteiger partial charge in [-0.25, -0.2) is 0 Å². The molecule has 1 aliphatic rings. The molecule has 0 saturated heterocycles. The van der Waals surface area contributed by atoms with Crippen LogP contribution >= 0.6 is 23.1 Å². The Balaban J connectivity index is 1.69. The van der Waals surface area contributed by atoms with Gasteiger partial charge >= 0.3 is 0 Å². The molecule has 2 atom stereocenters. The van der Waals surface area contributed by atoms with Crippen molar-refractivity contribution in [1.82, 2.24) is 5.32 Å². The van der Waals surface area contributed by atoms with Crippen LogP contribution in [0, 0.1) is 0 Å². The first kappa shape index (κ1) is 12.5. The SMILES string of the molecule is CSC1CCCC1NCc1csc2ccccc12. The summed E-state index contributed by atoms with van der Waals surface area (Å²) in [5.41, 5.74) is 1.46. The van der Waals surface area contributed by atoms with Gasteiger partial charge in [0.25, 0.3) is 0 Å². The van der Waals surface area contributed by atoms with Gasteiger partial charge in [-0.3, -0.25) is 0 Å². The van der Waals surface area contributed by atoms with Crippen molar-refractivity contribution in [2.75, 3.05) is 6.26 Å². The zero-order valence-corrected chi connectivity index (χ0v) is 12.3. The highest BCUT2D eigenvalue weighted by atomic mass is 32.2. The molecule has 1 aromatic heterocycles. The first-order valence-electron chi connectivity index (χ1n) is 6.60. The van der Waals surface area contributed by atoms with Crippen molar-refractivity contribution in [2.45, 2.75) is 37.1 Å². The van der Waals surface area contributed by atoms with E-state index >= 15 is 0 Å². The van der Waals surface area contributed by atoms with Crippen LogP contribution in [-0.4, -0.2) is 17.5 Å². The fourth-order valence-electron chi connectivity index (χ4n) is 2.85. The third-order valence-corrected chi connectivity index (χ3v) is 6.05. The molecule has 3 heteroatoms. The summed E-state index contributed by atoms with van der Waals surface area (Å²) in [5.74, 6) is 0. The third-order valence-electron chi connectivity index (χ3n) is 3.87. The molecule has 1 fully saturated rings. The van der Waals surface area contributed by atoms with Gasteiger partial charge in [0.1, 0.15) is 0 Å². The van der Waals surface area contributed by atoms with Crippen molar-refractivity contribution in [3.8, 4) is 0 Å². The van der Waals surface area contributed by atoms with E-state index in [1.807, 2.05) is 23.1 Å². The Morgan fingerprint density at radius 1 is 1.33 bits per heavy atom. The maximum atomic E-state index is 3.76. The molecule has 1 saturated carbocycles. The molecule has 1 aromatic carbocycles. The largest absolute Gasteiger partial charge is 0.309 e. The molecule has 0 bridgehead atoms. The first-order valence-corrected chi connectivity index (χ1v) is 8.76. The Morgan fingerprint density at radius 2 is 2.22 bits per heavy atom. The summed E-state index contributed by atoms with van der Waals surface area (Å²) in [6.45, 7) is 1.02. The molecule has 0 spiro atoms. The molecule has 2 aromatic rings. The van der Waals surface area contributed by atoms with Crippen LogP contribution in [0.15, 0.2) is 29.6 Å². The lowest BCUT2D eigenvalue weighted by Gasteiger charge is -2.19. The Hall–Kier alpha value is -0.510. The Labute approximate surface area is 117 Å². The van der Waals surface area contributed by atoms with Gasteiger partial charge in [-0.15, -0.1) is 11.3 Å². The van der Waals surface area contributed by atoms with Gasteiger partial charge in [-0.2, -0.15) is 11.8 Å². The second kappa shape index (κ2) is 5.64. The number of fused-ring (bicyclic) bond motifs is 1. The van der Waals surface area contributed by atoms with E-state index in [-0.39, 0.29) is 0 Å². The first-order chi connectivity index (χ1) is 8.88. The standard InChI is InChI=1S/C15H19NS2/c1-17-15-8-4-6-13(15)16-9-11-10-18-14-7-3-2-5-12(11)14/h2-3,5,7,10,13,15-16H,4,6,8-9H2,1H3. The number of hydrogen-bond donors (Lipinski definition) is 1. The number of thiophene rings is 1. The van der Waals surface area contributed by atoms with E-state index in [1.54, 1.807) is 0 Å². The summed E-state index contributed by atoms with van der Waals surface area (Å²) in [6.07, 6.45) is 6.34. The molecule has 18 heavy (non-hydrogen) atoms. The molecule has 0 aliphatic heterocycles. The van der Waals surface area contributed by atoms with Crippen molar-refractivity contribution in [3.05, 3.63) is 35.2 Å². The molecular formula is C15H19NS2. The minimum absolute atomic E-state index is 0.707. The van der Waals surface area contributed by atoms with Gasteiger partial charge in [-0.1, -0.05) is 24.6 Å². The van der Waals surface area contributed by atoms with Crippen molar-refractivity contribution < 1.29 is 0 Å². The van der Waals surface area contributed by atoms with Gasteiger partial charge in [-0.05, 0) is 41.5 Å². The maximum Gasteiger partial charge on any atom is 0.0346 e. The highest BCUT2D eigenvalue weighted by molar-refractivity contribution is 7.99. The Morgan fingerprint density at radius 3 is 3.11 bits per heavy atom. The fourth-order valence-corrected chi connectivity index (χ4v) is 4.78. The summed E-state index contributed by atoms with van der Waals surface area (Å²) in [5, 5.41) is 8.31. The summed E-state index contributed by atoms with van der Waals surface area (Å²) in [4.78, 5) is 0. The van der Waals surface area contributed by atoms with Crippen molar-refractivity contribution in [2.24, 2.45) is 0 Å². The number of nitrogens with one attached hydrogen (secondary N) is 1. The van der Waals surface area contributed by atoms with Crippen LogP contribution in [0.3, 0.4) is 0 Å². The molecule has 96 valence electrons. The molecule has 3 rings (SSSR count). The average Bonchev–Trinajstić information content (AvgIpc) is 3.02. The monoisotopic (exact) mass is 277 g/mol. The molecule has 1 nitrogen and oxygen atoms in total. The van der Waals surface area contributed by atoms with Gasteiger partial charge in [0.2, 0.25) is 0 Å². The second-order valence-corrected chi connectivity index (χ2v) is 6.94. The van der Waals surface area contributed by atoms with E-state index in [0.29, 0.717) is 6.04 Å². The second-order valence-electron chi connectivity index (χ2n) is 4.95. The van der Waals surface area contributed by atoms with Gasteiger partial charge < -0.3 is 5.32 Å². The molecule has 0 radical (unpaired) electrons. The lowest BCUT2D eigenvalue weighted by molar-refractivity contribution is 0.534. The van der Waals surface area contributed by atoms with Crippen LogP contribution in [0.25, 0.3) is 10.1 Å². The summed E-state index contributed by atoms with van der Waals surface area (Å²) in [7, 11) is 0. The summed E-state index contributed by atoms with van der Waals surface area (Å²) < 4.78 is 1.40. The van der Waals surface area contributed by atoms with Crippen LogP contribution in [0.5, 0.6) is 0 Å². The average molecular weight is 277 g/mol. The van der Waals surface area contributed by atoms with Crippen molar-refractivity contribution >= 4 is 33.2 Å². The lowest BCUT2D eigenvalue weighted by atomic mass is 10.1. The minimum atomic E-state index is 0.707. The fraction of sp³-hybridized carbons (Fsp3) is 0.467. The van der Waals surface area contributed by atoms with E-state index < -0.39 is 0 Å². The van der Waals surface area contributed by atoms with Crippen LogP contribution in [0.4, 0.5) is 0 Å². The lowest BCUT2D eigenvalue weighted by Crippen LogP contribution is -2.33. The number of hydrogen-bond acceptors (Lipinski definition) is 3. The maximum absolute atomic E-state index is 3.76. The predicted molar refractivity (Wildman–Crippen MR) is 83.6 cm³/mol. The van der Waals surface area contributed by atoms with E-state index in [2.05, 4.69) is 41.2 Å². The number of rotatable bonds is 4. The number of benzene rings is 1. The third kappa shape index (κ3) is 2.44. The molecular weight excluding hydrogens is 258 g/mol. The zero-order valence-electron chi connectivity index (χ0n) is 10.7. The molecule has 0 amide bonds. The Bertz CT molecular complexity index is 520. The van der Waals surface area contributed by atoms with Crippen molar-refractivity contribution in [3.63, 3.8) is 0 Å². The van der Waals surface area contributed by atoms with Crippen LogP contribution in [0.2, 0.25) is 0 Å². The summed E-state index contributed by atoms with van der Waals surface area (Å²) >= 11 is 3.88. The van der Waals surface area contributed by atoms with Crippen LogP contribution in [0.1, 0.15) is 24.8 Å². The number of thioether (sulfide) groups is 1. The highest BCUT2D eigenvalue weighted by Gasteiger charge is 2.25. The van der Waals surface area contributed by atoms with E-state index in [9.17, 15) is 0 Å². The minimum Gasteiger partial charge on any atom is -0.309 e. The van der Waals surface area contributed by atoms with Gasteiger partial charge in [0, 0.05) is 22.5 Å². The quantitative estimate of drug-likeness (QED) is 0.895. The smallest absolute Gasteiger partial charge is 0.0346 e. The predicted octanol–water partition coefficient (Wildman–Crippen LogP) is 4.28. The normalized spacial score (nSPS) is 23.8. The highest BCUT2D eigenvalue weighted by Crippen LogP contribution is 2.30. The van der Waals surface area contributed by atoms with E-state index in [1.165, 1.54) is 34.9 Å². The van der Waals surface area contributed by atoms with Crippen LogP contribution in [-0.2, 0) is 6.54 Å². The molecule has 1 heterocycles. The van der Waals surface area contributed by atoms with Gasteiger partial charge in [0.15, 0.2) is 0 Å². The zero-order chi connectivity index (χ0) is 12.4. The van der Waals surface area contributed by atoms with Gasteiger partial charge in [0.05, 0.1) is 0 Å². The molecule has 2 unspecified atom stereocenters. The Kier molecular flexibility index (Phi) is 3.92. The molecule has 1 aliphatic carbocycles. The van der Waals surface area contributed by atoms with Crippen molar-refractivity contribution in [1.29, 1.82) is 0 Å². The van der Waals surface area contributed by atoms with E-state index in [4.69, 9.17) is 0 Å². The van der Waals surface area contributed by atoms with Crippen LogP contribution < -0.4 is 5.32 Å². The molecule has 1 N–H and O–H groups in total.